The zero-order valence-corrected chi connectivity index (χ0v) is 46.2. The number of hydrogen-bond acceptors (Lipinski definition) is 17. The number of likely N-dealkylation sites (N-methyl/N-ethyl adjacent to an activating group) is 1. The van der Waals surface area contributed by atoms with E-state index in [0.717, 1.165) is 11.3 Å². The monoisotopic (exact) mass is 1040 g/mol. The molecule has 1 unspecified atom stereocenters. The predicted molar refractivity (Wildman–Crippen MR) is 275 cm³/mol. The molecule has 5 heterocycles. The predicted octanol–water partition coefficient (Wildman–Crippen LogP) is 5.52. The Morgan fingerprint density at radius 3 is 2.27 bits per heavy atom. The average Bonchev–Trinajstić information content (AvgIpc) is 4.10. The Labute approximate surface area is 437 Å². The molecule has 0 radical (unpaired) electrons. The van der Waals surface area contributed by atoms with Crippen molar-refractivity contribution in [3.63, 3.8) is 0 Å². The quantitative estimate of drug-likeness (QED) is 0.130. The Kier molecular flexibility index (Phi) is 20.5. The third kappa shape index (κ3) is 12.9. The highest BCUT2D eigenvalue weighted by atomic mass is 19.1. The van der Waals surface area contributed by atoms with Gasteiger partial charge < -0.3 is 53.7 Å². The Morgan fingerprint density at radius 2 is 1.68 bits per heavy atom. The molecule has 0 amide bonds. The summed E-state index contributed by atoms with van der Waals surface area (Å²) in [6.45, 7) is 20.7. The van der Waals surface area contributed by atoms with Crippen molar-refractivity contribution in [2.75, 3.05) is 41.0 Å². The van der Waals surface area contributed by atoms with Gasteiger partial charge in [0.2, 0.25) is 0 Å². The Morgan fingerprint density at radius 1 is 0.973 bits per heavy atom. The van der Waals surface area contributed by atoms with Gasteiger partial charge >= 0.3 is 5.97 Å². The lowest BCUT2D eigenvalue weighted by Gasteiger charge is -2.51. The van der Waals surface area contributed by atoms with Crippen molar-refractivity contribution < 1.29 is 58.0 Å². The lowest BCUT2D eigenvalue weighted by Crippen LogP contribution is -2.61. The Balaban J connectivity index is 1.29. The van der Waals surface area contributed by atoms with Crippen LogP contribution in [0, 0.1) is 35.5 Å². The van der Waals surface area contributed by atoms with Gasteiger partial charge in [-0.05, 0) is 103 Å². The highest BCUT2D eigenvalue weighted by molar-refractivity contribution is 5.89. The number of nitrogens with zero attached hydrogens (tertiary/aromatic N) is 8. The number of hydrogen-bond donors (Lipinski definition) is 4. The summed E-state index contributed by atoms with van der Waals surface area (Å²) >= 11 is 0. The van der Waals surface area contributed by atoms with Crippen LogP contribution >= 0.6 is 0 Å². The summed E-state index contributed by atoms with van der Waals surface area (Å²) in [7, 11) is 5.08. The van der Waals surface area contributed by atoms with Crippen LogP contribution in [-0.4, -0.2) is 180 Å². The van der Waals surface area contributed by atoms with Gasteiger partial charge in [-0.1, -0.05) is 64.1 Å². The number of rotatable bonds is 16. The zero-order valence-electron chi connectivity index (χ0n) is 46.2. The molecule has 1 aromatic carbocycles. The van der Waals surface area contributed by atoms with Crippen LogP contribution in [0.25, 0.3) is 5.69 Å². The summed E-state index contributed by atoms with van der Waals surface area (Å²) in [4.78, 5) is 21.6. The summed E-state index contributed by atoms with van der Waals surface area (Å²) in [6, 6.07) is 6.24. The van der Waals surface area contributed by atoms with Crippen molar-refractivity contribution in [3.8, 4) is 5.69 Å². The molecule has 3 aliphatic heterocycles. The number of aromatic nitrogens is 6. The first-order valence-electron chi connectivity index (χ1n) is 26.7. The van der Waals surface area contributed by atoms with Gasteiger partial charge in [0.25, 0.3) is 0 Å². The lowest BCUT2D eigenvalue weighted by atomic mass is 9.68. The molecule has 0 saturated carbocycles. The minimum absolute atomic E-state index is 0.165. The van der Waals surface area contributed by atoms with Crippen LogP contribution < -0.4 is 0 Å². The molecule has 3 saturated heterocycles. The van der Waals surface area contributed by atoms with Crippen molar-refractivity contribution in [2.45, 2.75) is 193 Å². The number of benzene rings is 1. The first kappa shape index (κ1) is 59.4. The Bertz CT molecular complexity index is 2230. The number of aliphatic imine (C=N–C) groups is 1. The number of carbonyl (C=O) groups is 1. The highest BCUT2D eigenvalue weighted by Crippen LogP contribution is 2.45. The molecule has 6 rings (SSSR count). The van der Waals surface area contributed by atoms with E-state index < -0.39 is 115 Å². The minimum atomic E-state index is -1.83. The fourth-order valence-electron chi connectivity index (χ4n) is 12.3. The number of ether oxygens (including phenoxy) is 6. The summed E-state index contributed by atoms with van der Waals surface area (Å²) in [5.74, 6) is -3.66. The van der Waals surface area contributed by atoms with Crippen LogP contribution in [0.2, 0.25) is 0 Å². The van der Waals surface area contributed by atoms with Crippen LogP contribution in [0.1, 0.15) is 125 Å². The molecule has 4 N–H and O–H groups in total. The Hall–Kier alpha value is -3.83. The first-order valence-corrected chi connectivity index (χ1v) is 26.7. The van der Waals surface area contributed by atoms with E-state index in [1.165, 1.54) is 18.7 Å². The molecular formula is C54H87FN8O11. The average molecular weight is 1040 g/mol. The molecule has 20 atom stereocenters. The van der Waals surface area contributed by atoms with Crippen LogP contribution in [0.15, 0.2) is 47.8 Å². The summed E-state index contributed by atoms with van der Waals surface area (Å²) in [5.41, 5.74) is -0.105. The number of alkyl halides is 1. The molecular weight excluding hydrogens is 956 g/mol. The molecule has 3 fully saturated rings. The van der Waals surface area contributed by atoms with Gasteiger partial charge in [0.1, 0.15) is 36.6 Å². The van der Waals surface area contributed by atoms with Gasteiger partial charge in [-0.2, -0.15) is 0 Å². The van der Waals surface area contributed by atoms with E-state index in [9.17, 15) is 29.6 Å². The lowest BCUT2D eigenvalue weighted by molar-refractivity contribution is -0.303. The smallest absolute Gasteiger partial charge is 0.309 e. The standard InChI is InChI=1S/C54H87FN8O11/c1-15-43-54(11,68)49(66)35(8)45(56-16-2)31(4)27-53(10,70-14)50(33(6)44(34(7)51(67)73-43)42-25-30(3)46(64)36(9)72-42)74-52-47(65)40(26-32(5)71-52)61(12)23-21-38-29-63(60-58-38)41(28-55)48(69-13)37-17-19-39(20-18-37)62-24-22-57-59-62/h17-20,22,24,29-36,40-44,46-50,52,64-66,68H,15-16,21,23,25-28H2,1-14H3/t30-,31+,32+,33-,34+,35-,36-,40-,41+,42?,43+,44-,46+,47+,48+,49+,50+,52-,53+,54+/m0/s1. The van der Waals surface area contributed by atoms with E-state index >= 15 is 0 Å². The van der Waals surface area contributed by atoms with Gasteiger partial charge in [0.15, 0.2) is 6.29 Å². The van der Waals surface area contributed by atoms with E-state index in [-0.39, 0.29) is 24.4 Å². The minimum Gasteiger partial charge on any atom is -0.459 e. The van der Waals surface area contributed by atoms with Gasteiger partial charge in [0.05, 0.1) is 71.9 Å². The summed E-state index contributed by atoms with van der Waals surface area (Å²) in [6.07, 6.45) is -1.38. The van der Waals surface area contributed by atoms with Crippen LogP contribution in [0.3, 0.4) is 0 Å². The maximum Gasteiger partial charge on any atom is 0.309 e. The van der Waals surface area contributed by atoms with Crippen molar-refractivity contribution >= 4 is 11.7 Å². The third-order valence-electron chi connectivity index (χ3n) is 16.7. The van der Waals surface area contributed by atoms with Gasteiger partial charge in [-0.3, -0.25) is 9.79 Å². The number of aliphatic hydroxyl groups is 4. The van der Waals surface area contributed by atoms with Gasteiger partial charge in [0, 0.05) is 63.5 Å². The van der Waals surface area contributed by atoms with E-state index in [1.54, 1.807) is 37.3 Å². The molecule has 74 heavy (non-hydrogen) atoms. The zero-order chi connectivity index (χ0) is 54.4. The maximum absolute atomic E-state index is 14.9. The molecule has 0 aliphatic carbocycles. The second kappa shape index (κ2) is 25.5. The normalized spacial score (nSPS) is 38.4. The molecule has 20 heteroatoms. The largest absolute Gasteiger partial charge is 0.459 e. The molecule has 0 spiro atoms. The molecule has 19 nitrogen and oxygen atoms in total. The van der Waals surface area contributed by atoms with Crippen molar-refractivity contribution in [1.82, 2.24) is 34.9 Å². The number of aliphatic hydroxyl groups excluding tert-OH is 3. The van der Waals surface area contributed by atoms with E-state index in [1.807, 2.05) is 93.6 Å². The molecule has 0 bridgehead atoms. The number of carbonyl (C=O) groups excluding carboxylic acids is 1. The fourth-order valence-corrected chi connectivity index (χ4v) is 12.3. The van der Waals surface area contributed by atoms with Gasteiger partial charge in [-0.15, -0.1) is 10.2 Å². The second-order valence-electron chi connectivity index (χ2n) is 22.0. The third-order valence-corrected chi connectivity index (χ3v) is 16.7. The SMILES string of the molecule is CCN=C1[C@H](C)C[C@@](C)(OC)[C@H](O[C@@H]2O[C@H](C)C[C@H](N(C)CCc3cn([C@H](CF)[C@H](OC)c4ccc(-n5ccnn5)cc4)nn3)[C@H]2O)[C@@H](C)[C@H](C2C[C@H](C)[C@@H](O)[C@H](C)O2)[C@@H](C)C(=O)O[C@H](CC)[C@@](C)(O)[C@H](O)[C@H]1C. The molecule has 3 aliphatic rings. The van der Waals surface area contributed by atoms with Gasteiger partial charge in [-0.25, -0.2) is 13.8 Å². The van der Waals surface area contributed by atoms with Crippen molar-refractivity contribution in [1.29, 1.82) is 0 Å². The molecule has 2 aromatic heterocycles. The highest BCUT2D eigenvalue weighted by Gasteiger charge is 2.54. The van der Waals surface area contributed by atoms with Crippen LogP contribution in [0.4, 0.5) is 4.39 Å². The first-order chi connectivity index (χ1) is 35.0. The molecule has 3 aromatic rings. The second-order valence-corrected chi connectivity index (χ2v) is 22.0. The number of cyclic esters (lactones) is 1. The topological polar surface area (TPSA) is 230 Å². The molecule has 416 valence electrons. The summed E-state index contributed by atoms with van der Waals surface area (Å²) < 4.78 is 57.1. The number of halogens is 1. The van der Waals surface area contributed by atoms with E-state index in [4.69, 9.17) is 33.4 Å². The number of esters is 1. The van der Waals surface area contributed by atoms with Crippen molar-refractivity contribution in [3.05, 3.63) is 54.1 Å². The fraction of sp³-hybridized carbons (Fsp3) is 0.778. The van der Waals surface area contributed by atoms with Crippen LogP contribution in [-0.2, 0) is 39.6 Å². The van der Waals surface area contributed by atoms with E-state index in [0.29, 0.717) is 50.2 Å². The van der Waals surface area contributed by atoms with Crippen molar-refractivity contribution in [2.24, 2.45) is 40.5 Å². The summed E-state index contributed by atoms with van der Waals surface area (Å²) in [5, 5.41) is 64.2. The number of methoxy groups -OCH3 is 2. The maximum atomic E-state index is 14.9. The van der Waals surface area contributed by atoms with E-state index in [2.05, 4.69) is 25.5 Å². The van der Waals surface area contributed by atoms with Crippen LogP contribution in [0.5, 0.6) is 0 Å².